The highest BCUT2D eigenvalue weighted by Gasteiger charge is 2.19. The Morgan fingerprint density at radius 1 is 1.06 bits per heavy atom. The molecule has 0 aliphatic carbocycles. The molecule has 0 atom stereocenters. The van der Waals surface area contributed by atoms with Crippen molar-refractivity contribution < 1.29 is 4.74 Å². The predicted octanol–water partition coefficient (Wildman–Crippen LogP) is 3.74. The molecule has 0 saturated heterocycles. The highest BCUT2D eigenvalue weighted by Crippen LogP contribution is 2.23. The Labute approximate surface area is 110 Å². The van der Waals surface area contributed by atoms with Gasteiger partial charge in [-0.15, -0.1) is 0 Å². The summed E-state index contributed by atoms with van der Waals surface area (Å²) in [7, 11) is 0. The van der Waals surface area contributed by atoms with Crippen LogP contribution >= 0.6 is 0 Å². The van der Waals surface area contributed by atoms with Crippen LogP contribution < -0.4 is 4.74 Å². The van der Waals surface area contributed by atoms with E-state index in [1.165, 1.54) is 0 Å². The van der Waals surface area contributed by atoms with Gasteiger partial charge in [-0.1, -0.05) is 18.2 Å². The minimum atomic E-state index is 0.220. The molecular weight excluding hydrogens is 224 g/mol. The van der Waals surface area contributed by atoms with E-state index in [2.05, 4.69) is 27.7 Å². The van der Waals surface area contributed by atoms with Crippen LogP contribution in [0.3, 0.4) is 0 Å². The predicted molar refractivity (Wildman–Crippen MR) is 76.4 cm³/mol. The van der Waals surface area contributed by atoms with Gasteiger partial charge in [-0.05, 0) is 52.7 Å². The smallest absolute Gasteiger partial charge is 0.290 e. The second kappa shape index (κ2) is 5.89. The fraction of sp³-hybridized carbons (Fsp3) is 0.533. The molecule has 0 saturated carbocycles. The molecule has 0 aliphatic heterocycles. The van der Waals surface area contributed by atoms with Gasteiger partial charge in [0.25, 0.3) is 6.02 Å². The van der Waals surface area contributed by atoms with Gasteiger partial charge in [0.2, 0.25) is 0 Å². The molecule has 0 amide bonds. The van der Waals surface area contributed by atoms with E-state index < -0.39 is 0 Å². The molecule has 100 valence electrons. The van der Waals surface area contributed by atoms with Crippen molar-refractivity contribution >= 4 is 6.02 Å². The molecule has 0 fully saturated rings. The van der Waals surface area contributed by atoms with Gasteiger partial charge in [0.15, 0.2) is 0 Å². The van der Waals surface area contributed by atoms with E-state index in [1.54, 1.807) is 0 Å². The van der Waals surface area contributed by atoms with Crippen LogP contribution in [0.4, 0.5) is 0 Å². The van der Waals surface area contributed by atoms with Crippen molar-refractivity contribution in [3.8, 4) is 5.75 Å². The summed E-state index contributed by atoms with van der Waals surface area (Å²) < 4.78 is 5.77. The molecular formula is C15H24N2O. The first-order valence-corrected chi connectivity index (χ1v) is 6.45. The van der Waals surface area contributed by atoms with Crippen LogP contribution in [0.5, 0.6) is 5.75 Å². The Morgan fingerprint density at radius 2 is 1.50 bits per heavy atom. The summed E-state index contributed by atoms with van der Waals surface area (Å²) in [6, 6.07) is 6.74. The zero-order valence-electron chi connectivity index (χ0n) is 12.2. The van der Waals surface area contributed by atoms with Crippen molar-refractivity contribution in [3.63, 3.8) is 0 Å². The summed E-state index contributed by atoms with van der Waals surface area (Å²) in [5.41, 5.74) is 2.12. The molecule has 1 aromatic carbocycles. The van der Waals surface area contributed by atoms with Crippen LogP contribution in [0, 0.1) is 19.3 Å². The van der Waals surface area contributed by atoms with Gasteiger partial charge < -0.3 is 9.64 Å². The third-order valence-electron chi connectivity index (χ3n) is 2.95. The maximum absolute atomic E-state index is 8.14. The van der Waals surface area contributed by atoms with Crippen LogP contribution in [-0.4, -0.2) is 23.0 Å². The first kappa shape index (κ1) is 14.6. The van der Waals surface area contributed by atoms with Crippen LogP contribution in [0.15, 0.2) is 18.2 Å². The molecule has 18 heavy (non-hydrogen) atoms. The zero-order chi connectivity index (χ0) is 13.9. The number of nitrogens with one attached hydrogen (secondary N) is 1. The standard InChI is InChI=1S/C15H24N2O/c1-10(2)17(11(3)4)15(16)18-14-12(5)8-7-9-13(14)6/h7-11,16H,1-6H3. The number of para-hydroxylation sites is 1. The minimum Gasteiger partial charge on any atom is -0.426 e. The van der Waals surface area contributed by atoms with Gasteiger partial charge in [-0.2, -0.15) is 0 Å². The summed E-state index contributed by atoms with van der Waals surface area (Å²) in [5.74, 6) is 0.800. The van der Waals surface area contributed by atoms with Crippen molar-refractivity contribution in [1.82, 2.24) is 4.90 Å². The largest absolute Gasteiger partial charge is 0.426 e. The average molecular weight is 248 g/mol. The van der Waals surface area contributed by atoms with E-state index in [0.29, 0.717) is 0 Å². The molecule has 1 rings (SSSR count). The Morgan fingerprint density at radius 3 is 1.89 bits per heavy atom. The number of hydrogen-bond donors (Lipinski definition) is 1. The number of nitrogens with zero attached hydrogens (tertiary/aromatic N) is 1. The molecule has 0 heterocycles. The van der Waals surface area contributed by atoms with E-state index in [-0.39, 0.29) is 18.1 Å². The van der Waals surface area contributed by atoms with Crippen molar-refractivity contribution in [1.29, 1.82) is 5.41 Å². The summed E-state index contributed by atoms with van der Waals surface area (Å²) >= 11 is 0. The van der Waals surface area contributed by atoms with Gasteiger partial charge in [0, 0.05) is 12.1 Å². The highest BCUT2D eigenvalue weighted by molar-refractivity contribution is 5.74. The number of aryl methyl sites for hydroxylation is 2. The first-order valence-electron chi connectivity index (χ1n) is 6.45. The van der Waals surface area contributed by atoms with Gasteiger partial charge in [-0.25, -0.2) is 0 Å². The summed E-state index contributed by atoms with van der Waals surface area (Å²) in [6.07, 6.45) is 0. The van der Waals surface area contributed by atoms with Crippen LogP contribution in [0.2, 0.25) is 0 Å². The van der Waals surface area contributed by atoms with E-state index in [0.717, 1.165) is 16.9 Å². The molecule has 0 radical (unpaired) electrons. The number of hydrogen-bond acceptors (Lipinski definition) is 2. The minimum absolute atomic E-state index is 0.220. The van der Waals surface area contributed by atoms with E-state index in [9.17, 15) is 0 Å². The maximum atomic E-state index is 8.14. The first-order chi connectivity index (χ1) is 8.34. The normalized spacial score (nSPS) is 10.9. The zero-order valence-corrected chi connectivity index (χ0v) is 12.2. The lowest BCUT2D eigenvalue weighted by atomic mass is 10.1. The number of ether oxygens (including phenoxy) is 1. The van der Waals surface area contributed by atoms with Gasteiger partial charge in [0.05, 0.1) is 0 Å². The lowest BCUT2D eigenvalue weighted by molar-refractivity contribution is 0.242. The monoisotopic (exact) mass is 248 g/mol. The molecule has 0 bridgehead atoms. The topological polar surface area (TPSA) is 36.3 Å². The molecule has 0 spiro atoms. The second-order valence-corrected chi connectivity index (χ2v) is 5.22. The summed E-state index contributed by atoms with van der Waals surface area (Å²) in [5, 5.41) is 8.14. The van der Waals surface area contributed by atoms with Crippen LogP contribution in [-0.2, 0) is 0 Å². The SMILES string of the molecule is Cc1cccc(C)c1OC(=N)N(C(C)C)C(C)C. The van der Waals surface area contributed by atoms with Crippen molar-refractivity contribution in [2.75, 3.05) is 0 Å². The van der Waals surface area contributed by atoms with Crippen LogP contribution in [0.25, 0.3) is 0 Å². The molecule has 0 aliphatic rings. The van der Waals surface area contributed by atoms with E-state index in [4.69, 9.17) is 10.1 Å². The van der Waals surface area contributed by atoms with Crippen molar-refractivity contribution in [2.24, 2.45) is 0 Å². The fourth-order valence-corrected chi connectivity index (χ4v) is 2.17. The third-order valence-corrected chi connectivity index (χ3v) is 2.95. The summed E-state index contributed by atoms with van der Waals surface area (Å²) in [6.45, 7) is 12.3. The van der Waals surface area contributed by atoms with Gasteiger partial charge in [-0.3, -0.25) is 5.41 Å². The van der Waals surface area contributed by atoms with Crippen molar-refractivity contribution in [3.05, 3.63) is 29.3 Å². The number of rotatable bonds is 3. The average Bonchev–Trinajstić information content (AvgIpc) is 2.22. The molecule has 1 aromatic rings. The quantitative estimate of drug-likeness (QED) is 0.653. The molecule has 0 unspecified atom stereocenters. The van der Waals surface area contributed by atoms with Gasteiger partial charge >= 0.3 is 0 Å². The third kappa shape index (κ3) is 3.25. The Kier molecular flexibility index (Phi) is 4.76. The van der Waals surface area contributed by atoms with E-state index in [1.807, 2.05) is 36.9 Å². The fourth-order valence-electron chi connectivity index (χ4n) is 2.17. The Bertz CT molecular complexity index is 396. The van der Waals surface area contributed by atoms with E-state index >= 15 is 0 Å². The number of benzene rings is 1. The lowest BCUT2D eigenvalue weighted by Crippen LogP contribution is -2.44. The maximum Gasteiger partial charge on any atom is 0.290 e. The molecule has 3 heteroatoms. The summed E-state index contributed by atoms with van der Waals surface area (Å²) in [4.78, 5) is 1.96. The lowest BCUT2D eigenvalue weighted by Gasteiger charge is -2.32. The molecule has 1 N–H and O–H groups in total. The van der Waals surface area contributed by atoms with Gasteiger partial charge in [0.1, 0.15) is 5.75 Å². The Hall–Kier alpha value is -1.51. The molecule has 0 aromatic heterocycles. The Balaban J connectivity index is 2.93. The van der Waals surface area contributed by atoms with Crippen LogP contribution in [0.1, 0.15) is 38.8 Å². The number of amidine groups is 1. The van der Waals surface area contributed by atoms with Crippen molar-refractivity contribution in [2.45, 2.75) is 53.6 Å². The molecule has 3 nitrogen and oxygen atoms in total. The highest BCUT2D eigenvalue weighted by atomic mass is 16.5. The second-order valence-electron chi connectivity index (χ2n) is 5.22.